The molecule has 1 aliphatic heterocycles. The Balaban J connectivity index is 1.77. The SMILES string of the molecule is CC(NCc1cncnc1)C1CCOC1. The molecule has 1 aliphatic rings. The van der Waals surface area contributed by atoms with Gasteiger partial charge in [-0.3, -0.25) is 0 Å². The van der Waals surface area contributed by atoms with Gasteiger partial charge in [0.1, 0.15) is 6.33 Å². The van der Waals surface area contributed by atoms with Crippen molar-refractivity contribution in [2.75, 3.05) is 13.2 Å². The molecule has 4 nitrogen and oxygen atoms in total. The Morgan fingerprint density at radius 3 is 3.00 bits per heavy atom. The van der Waals surface area contributed by atoms with Crippen LogP contribution in [-0.2, 0) is 11.3 Å². The first kappa shape index (κ1) is 10.5. The largest absolute Gasteiger partial charge is 0.381 e. The summed E-state index contributed by atoms with van der Waals surface area (Å²) < 4.78 is 5.37. The van der Waals surface area contributed by atoms with Crippen molar-refractivity contribution >= 4 is 0 Å². The van der Waals surface area contributed by atoms with Gasteiger partial charge >= 0.3 is 0 Å². The molecule has 0 saturated carbocycles. The summed E-state index contributed by atoms with van der Waals surface area (Å²) in [6.45, 7) is 4.84. The molecule has 1 aromatic heterocycles. The lowest BCUT2D eigenvalue weighted by Crippen LogP contribution is -2.33. The van der Waals surface area contributed by atoms with Crippen LogP contribution < -0.4 is 5.32 Å². The van der Waals surface area contributed by atoms with E-state index in [9.17, 15) is 0 Å². The first-order valence-corrected chi connectivity index (χ1v) is 5.41. The molecule has 0 aliphatic carbocycles. The van der Waals surface area contributed by atoms with E-state index in [0.717, 1.165) is 25.3 Å². The second-order valence-electron chi connectivity index (χ2n) is 4.04. The van der Waals surface area contributed by atoms with Gasteiger partial charge in [0.25, 0.3) is 0 Å². The molecule has 2 rings (SSSR count). The predicted octanol–water partition coefficient (Wildman–Crippen LogP) is 0.991. The maximum absolute atomic E-state index is 5.37. The molecule has 0 aromatic carbocycles. The van der Waals surface area contributed by atoms with Gasteiger partial charge in [0.05, 0.1) is 6.61 Å². The highest BCUT2D eigenvalue weighted by Crippen LogP contribution is 2.16. The molecule has 0 spiro atoms. The third-order valence-electron chi connectivity index (χ3n) is 2.91. The molecule has 2 heterocycles. The standard InChI is InChI=1S/C11H17N3O/c1-9(11-2-3-15-7-11)14-6-10-4-12-8-13-5-10/h4-5,8-9,11,14H,2-3,6-7H2,1H3. The number of rotatable bonds is 4. The molecular formula is C11H17N3O. The molecule has 2 unspecified atom stereocenters. The first-order valence-electron chi connectivity index (χ1n) is 5.41. The zero-order chi connectivity index (χ0) is 10.5. The van der Waals surface area contributed by atoms with Crippen LogP contribution in [-0.4, -0.2) is 29.2 Å². The Morgan fingerprint density at radius 1 is 1.53 bits per heavy atom. The lowest BCUT2D eigenvalue weighted by atomic mass is 10.0. The van der Waals surface area contributed by atoms with Crippen molar-refractivity contribution in [1.82, 2.24) is 15.3 Å². The van der Waals surface area contributed by atoms with E-state index in [2.05, 4.69) is 22.2 Å². The Morgan fingerprint density at radius 2 is 2.33 bits per heavy atom. The summed E-state index contributed by atoms with van der Waals surface area (Å²) in [7, 11) is 0. The fourth-order valence-corrected chi connectivity index (χ4v) is 1.81. The summed E-state index contributed by atoms with van der Waals surface area (Å²) >= 11 is 0. The monoisotopic (exact) mass is 207 g/mol. The molecule has 4 heteroatoms. The summed E-state index contributed by atoms with van der Waals surface area (Å²) in [6, 6.07) is 0.493. The van der Waals surface area contributed by atoms with E-state index in [4.69, 9.17) is 4.74 Å². The predicted molar refractivity (Wildman–Crippen MR) is 57.3 cm³/mol. The van der Waals surface area contributed by atoms with Gasteiger partial charge in [0, 0.05) is 37.2 Å². The highest BCUT2D eigenvalue weighted by atomic mass is 16.5. The Kier molecular flexibility index (Phi) is 3.64. The fourth-order valence-electron chi connectivity index (χ4n) is 1.81. The van der Waals surface area contributed by atoms with E-state index in [1.165, 1.54) is 6.42 Å². The van der Waals surface area contributed by atoms with Crippen LogP contribution in [0.3, 0.4) is 0 Å². The second kappa shape index (κ2) is 5.19. The number of hydrogen-bond acceptors (Lipinski definition) is 4. The third-order valence-corrected chi connectivity index (χ3v) is 2.91. The van der Waals surface area contributed by atoms with Gasteiger partial charge < -0.3 is 10.1 Å². The first-order chi connectivity index (χ1) is 7.36. The summed E-state index contributed by atoms with van der Waals surface area (Å²) in [5.41, 5.74) is 1.13. The van der Waals surface area contributed by atoms with Gasteiger partial charge in [-0.25, -0.2) is 9.97 Å². The molecular weight excluding hydrogens is 190 g/mol. The lowest BCUT2D eigenvalue weighted by Gasteiger charge is -2.18. The van der Waals surface area contributed by atoms with Crippen molar-refractivity contribution in [3.8, 4) is 0 Å². The fraction of sp³-hybridized carbons (Fsp3) is 0.636. The van der Waals surface area contributed by atoms with Gasteiger partial charge in [0.2, 0.25) is 0 Å². The summed E-state index contributed by atoms with van der Waals surface area (Å²) in [5, 5.41) is 3.48. The van der Waals surface area contributed by atoms with Crippen LogP contribution in [0.1, 0.15) is 18.9 Å². The number of hydrogen-bond donors (Lipinski definition) is 1. The zero-order valence-corrected chi connectivity index (χ0v) is 9.02. The third kappa shape index (κ3) is 2.97. The molecule has 0 amide bonds. The van der Waals surface area contributed by atoms with Crippen molar-refractivity contribution in [1.29, 1.82) is 0 Å². The number of aromatic nitrogens is 2. The smallest absolute Gasteiger partial charge is 0.115 e. The van der Waals surface area contributed by atoms with E-state index in [0.29, 0.717) is 12.0 Å². The summed E-state index contributed by atoms with van der Waals surface area (Å²) in [4.78, 5) is 7.97. The maximum Gasteiger partial charge on any atom is 0.115 e. The molecule has 15 heavy (non-hydrogen) atoms. The van der Waals surface area contributed by atoms with E-state index in [-0.39, 0.29) is 0 Å². The molecule has 1 N–H and O–H groups in total. The molecule has 1 aromatic rings. The molecule has 0 bridgehead atoms. The van der Waals surface area contributed by atoms with Crippen LogP contribution in [0.25, 0.3) is 0 Å². The molecule has 0 radical (unpaired) electrons. The van der Waals surface area contributed by atoms with Gasteiger partial charge in [-0.05, 0) is 19.3 Å². The van der Waals surface area contributed by atoms with Crippen LogP contribution in [0.4, 0.5) is 0 Å². The topological polar surface area (TPSA) is 47.0 Å². The number of nitrogens with one attached hydrogen (secondary N) is 1. The molecule has 82 valence electrons. The van der Waals surface area contributed by atoms with Crippen LogP contribution in [0, 0.1) is 5.92 Å². The van der Waals surface area contributed by atoms with Gasteiger partial charge in [0.15, 0.2) is 0 Å². The van der Waals surface area contributed by atoms with E-state index < -0.39 is 0 Å². The molecule has 1 saturated heterocycles. The van der Waals surface area contributed by atoms with Crippen LogP contribution >= 0.6 is 0 Å². The lowest BCUT2D eigenvalue weighted by molar-refractivity contribution is 0.178. The van der Waals surface area contributed by atoms with Crippen LogP contribution in [0.5, 0.6) is 0 Å². The highest BCUT2D eigenvalue weighted by Gasteiger charge is 2.21. The van der Waals surface area contributed by atoms with Crippen molar-refractivity contribution in [3.63, 3.8) is 0 Å². The minimum Gasteiger partial charge on any atom is -0.381 e. The number of ether oxygens (including phenoxy) is 1. The van der Waals surface area contributed by atoms with E-state index in [1.807, 2.05) is 12.4 Å². The quantitative estimate of drug-likeness (QED) is 0.800. The average Bonchev–Trinajstić information content (AvgIpc) is 2.81. The van der Waals surface area contributed by atoms with Crippen molar-refractivity contribution < 1.29 is 4.74 Å². The summed E-state index contributed by atoms with van der Waals surface area (Å²) in [6.07, 6.45) is 6.41. The summed E-state index contributed by atoms with van der Waals surface area (Å²) in [5.74, 6) is 0.648. The van der Waals surface area contributed by atoms with Crippen LogP contribution in [0.15, 0.2) is 18.7 Å². The molecule has 1 fully saturated rings. The maximum atomic E-state index is 5.37. The number of nitrogens with zero attached hydrogens (tertiary/aromatic N) is 2. The zero-order valence-electron chi connectivity index (χ0n) is 9.02. The minimum absolute atomic E-state index is 0.493. The Labute approximate surface area is 90.1 Å². The second-order valence-corrected chi connectivity index (χ2v) is 4.04. The van der Waals surface area contributed by atoms with Crippen molar-refractivity contribution in [2.45, 2.75) is 25.9 Å². The van der Waals surface area contributed by atoms with E-state index >= 15 is 0 Å². The Bertz CT molecular complexity index is 285. The van der Waals surface area contributed by atoms with Gasteiger partial charge in [-0.15, -0.1) is 0 Å². The van der Waals surface area contributed by atoms with Crippen LogP contribution in [0.2, 0.25) is 0 Å². The molecule has 2 atom stereocenters. The average molecular weight is 207 g/mol. The van der Waals surface area contributed by atoms with E-state index in [1.54, 1.807) is 6.33 Å². The van der Waals surface area contributed by atoms with Gasteiger partial charge in [-0.1, -0.05) is 0 Å². The highest BCUT2D eigenvalue weighted by molar-refractivity contribution is 5.01. The minimum atomic E-state index is 0.493. The van der Waals surface area contributed by atoms with Crippen molar-refractivity contribution in [2.24, 2.45) is 5.92 Å². The van der Waals surface area contributed by atoms with Crippen molar-refractivity contribution in [3.05, 3.63) is 24.3 Å². The normalized spacial score (nSPS) is 22.9. The Hall–Kier alpha value is -1.00. The van der Waals surface area contributed by atoms with Gasteiger partial charge in [-0.2, -0.15) is 0 Å².